The van der Waals surface area contributed by atoms with Crippen LogP contribution in [0.4, 0.5) is 0 Å². The summed E-state index contributed by atoms with van der Waals surface area (Å²) in [5.41, 5.74) is 6.54. The van der Waals surface area contributed by atoms with Crippen LogP contribution in [0, 0.1) is 17.3 Å². The summed E-state index contributed by atoms with van der Waals surface area (Å²) in [4.78, 5) is 3.06. The molecule has 1 heterocycles. The van der Waals surface area contributed by atoms with Crippen LogP contribution in [0.15, 0.2) is 12.1 Å². The monoisotopic (exact) mass is 279 g/mol. The Bertz CT molecular complexity index is 386. The predicted octanol–water partition coefficient (Wildman–Crippen LogP) is 4.64. The van der Waals surface area contributed by atoms with Crippen molar-refractivity contribution in [3.05, 3.63) is 21.9 Å². The third-order valence-electron chi connectivity index (χ3n) is 5.08. The van der Waals surface area contributed by atoms with Crippen LogP contribution in [0.5, 0.6) is 0 Å². The molecule has 2 N–H and O–H groups in total. The van der Waals surface area contributed by atoms with Crippen molar-refractivity contribution >= 4 is 11.3 Å². The zero-order valence-corrected chi connectivity index (χ0v) is 13.6. The van der Waals surface area contributed by atoms with Crippen molar-refractivity contribution < 1.29 is 0 Å². The number of nitrogens with two attached hydrogens (primary N) is 1. The Balaban J connectivity index is 2.00. The zero-order valence-electron chi connectivity index (χ0n) is 12.7. The molecule has 0 saturated heterocycles. The van der Waals surface area contributed by atoms with Crippen molar-refractivity contribution in [2.75, 3.05) is 6.54 Å². The zero-order chi connectivity index (χ0) is 13.9. The summed E-state index contributed by atoms with van der Waals surface area (Å²) in [5, 5.41) is 0. The molecule has 1 aliphatic rings. The SMILES string of the molecule is CCc1ccc(CC2(CN)CCC(C(C)C)CC2)s1. The lowest BCUT2D eigenvalue weighted by molar-refractivity contribution is 0.133. The summed E-state index contributed by atoms with van der Waals surface area (Å²) in [6, 6.07) is 4.62. The number of thiophene rings is 1. The summed E-state index contributed by atoms with van der Waals surface area (Å²) >= 11 is 1.99. The molecule has 1 aromatic rings. The molecule has 0 spiro atoms. The number of hydrogen-bond acceptors (Lipinski definition) is 2. The molecule has 0 radical (unpaired) electrons. The molecule has 1 fully saturated rings. The summed E-state index contributed by atoms with van der Waals surface area (Å²) in [6.07, 6.45) is 7.77. The second kappa shape index (κ2) is 6.41. The van der Waals surface area contributed by atoms with E-state index in [-0.39, 0.29) is 0 Å². The highest BCUT2D eigenvalue weighted by Gasteiger charge is 2.35. The second-order valence-electron chi connectivity index (χ2n) is 6.68. The molecule has 19 heavy (non-hydrogen) atoms. The summed E-state index contributed by atoms with van der Waals surface area (Å²) in [6.45, 7) is 7.83. The average Bonchev–Trinajstić information content (AvgIpc) is 2.86. The van der Waals surface area contributed by atoms with Gasteiger partial charge in [0.2, 0.25) is 0 Å². The Kier molecular flexibility index (Phi) is 5.08. The fourth-order valence-electron chi connectivity index (χ4n) is 3.45. The lowest BCUT2D eigenvalue weighted by atomic mass is 9.66. The molecule has 0 aliphatic heterocycles. The third kappa shape index (κ3) is 3.61. The molecular weight excluding hydrogens is 250 g/mol. The molecule has 0 atom stereocenters. The predicted molar refractivity (Wildman–Crippen MR) is 85.7 cm³/mol. The van der Waals surface area contributed by atoms with Crippen LogP contribution in [0.1, 0.15) is 56.2 Å². The highest BCUT2D eigenvalue weighted by Crippen LogP contribution is 2.43. The highest BCUT2D eigenvalue weighted by atomic mass is 32.1. The first-order chi connectivity index (χ1) is 9.08. The molecule has 0 aromatic carbocycles. The van der Waals surface area contributed by atoms with E-state index in [2.05, 4.69) is 32.9 Å². The summed E-state index contributed by atoms with van der Waals surface area (Å²) in [7, 11) is 0. The fraction of sp³-hybridized carbons (Fsp3) is 0.765. The van der Waals surface area contributed by atoms with E-state index in [0.717, 1.165) is 24.8 Å². The Labute approximate surface area is 122 Å². The molecule has 1 aliphatic carbocycles. The van der Waals surface area contributed by atoms with Crippen LogP contribution in [0.25, 0.3) is 0 Å². The Morgan fingerprint density at radius 1 is 1.26 bits per heavy atom. The minimum Gasteiger partial charge on any atom is -0.330 e. The first-order valence-electron chi connectivity index (χ1n) is 7.86. The van der Waals surface area contributed by atoms with E-state index in [1.165, 1.54) is 37.0 Å². The van der Waals surface area contributed by atoms with Crippen LogP contribution in [-0.2, 0) is 12.8 Å². The topological polar surface area (TPSA) is 26.0 Å². The van der Waals surface area contributed by atoms with Gasteiger partial charge in [-0.05, 0) is 74.5 Å². The Morgan fingerprint density at radius 2 is 1.89 bits per heavy atom. The number of hydrogen-bond donors (Lipinski definition) is 1. The van der Waals surface area contributed by atoms with E-state index in [0.29, 0.717) is 5.41 Å². The van der Waals surface area contributed by atoms with Crippen molar-refractivity contribution in [3.63, 3.8) is 0 Å². The molecule has 2 heteroatoms. The van der Waals surface area contributed by atoms with E-state index < -0.39 is 0 Å². The minimum absolute atomic E-state index is 0.390. The van der Waals surface area contributed by atoms with Crippen LogP contribution in [0.3, 0.4) is 0 Å². The van der Waals surface area contributed by atoms with Crippen molar-refractivity contribution in [2.24, 2.45) is 23.0 Å². The van der Waals surface area contributed by atoms with Crippen LogP contribution < -0.4 is 5.73 Å². The van der Waals surface area contributed by atoms with Gasteiger partial charge in [0.1, 0.15) is 0 Å². The van der Waals surface area contributed by atoms with Crippen LogP contribution in [-0.4, -0.2) is 6.54 Å². The first kappa shape index (κ1) is 15.1. The largest absolute Gasteiger partial charge is 0.330 e. The van der Waals surface area contributed by atoms with Gasteiger partial charge < -0.3 is 5.73 Å². The maximum atomic E-state index is 6.15. The molecule has 1 nitrogen and oxygen atoms in total. The van der Waals surface area contributed by atoms with Gasteiger partial charge in [-0.25, -0.2) is 0 Å². The number of aryl methyl sites for hydroxylation is 1. The molecular formula is C17H29NS. The molecule has 1 aromatic heterocycles. The van der Waals surface area contributed by atoms with Crippen LogP contribution >= 0.6 is 11.3 Å². The maximum absolute atomic E-state index is 6.15. The average molecular weight is 279 g/mol. The van der Waals surface area contributed by atoms with Gasteiger partial charge in [0.25, 0.3) is 0 Å². The molecule has 0 bridgehead atoms. The Morgan fingerprint density at radius 3 is 2.37 bits per heavy atom. The van der Waals surface area contributed by atoms with Gasteiger partial charge in [-0.3, -0.25) is 0 Å². The van der Waals surface area contributed by atoms with Gasteiger partial charge in [-0.1, -0.05) is 20.8 Å². The summed E-state index contributed by atoms with van der Waals surface area (Å²) in [5.74, 6) is 1.76. The summed E-state index contributed by atoms with van der Waals surface area (Å²) < 4.78 is 0. The van der Waals surface area contributed by atoms with E-state index in [1.54, 1.807) is 4.88 Å². The lowest BCUT2D eigenvalue weighted by Crippen LogP contribution is -2.37. The van der Waals surface area contributed by atoms with Crippen molar-refractivity contribution in [1.29, 1.82) is 0 Å². The van der Waals surface area contributed by atoms with Gasteiger partial charge in [0.15, 0.2) is 0 Å². The standard InChI is InChI=1S/C17H29NS/c1-4-15-5-6-16(19-15)11-17(12-18)9-7-14(8-10-17)13(2)3/h5-6,13-14H,4,7-12,18H2,1-3H3. The van der Waals surface area contributed by atoms with Gasteiger partial charge in [-0.2, -0.15) is 0 Å². The third-order valence-corrected chi connectivity index (χ3v) is 6.31. The molecule has 0 unspecified atom stereocenters. The van der Waals surface area contributed by atoms with Crippen LogP contribution in [0.2, 0.25) is 0 Å². The maximum Gasteiger partial charge on any atom is 0.00541 e. The van der Waals surface area contributed by atoms with Gasteiger partial charge in [-0.15, -0.1) is 11.3 Å². The van der Waals surface area contributed by atoms with Crippen molar-refractivity contribution in [2.45, 2.75) is 59.3 Å². The molecule has 1 saturated carbocycles. The van der Waals surface area contributed by atoms with Gasteiger partial charge in [0, 0.05) is 9.75 Å². The highest BCUT2D eigenvalue weighted by molar-refractivity contribution is 7.11. The quantitative estimate of drug-likeness (QED) is 0.834. The molecule has 108 valence electrons. The van der Waals surface area contributed by atoms with E-state index in [9.17, 15) is 0 Å². The molecule has 0 amide bonds. The lowest BCUT2D eigenvalue weighted by Gasteiger charge is -2.40. The molecule has 2 rings (SSSR count). The number of rotatable bonds is 5. The van der Waals surface area contributed by atoms with E-state index in [4.69, 9.17) is 5.73 Å². The second-order valence-corrected chi connectivity index (χ2v) is 7.94. The minimum atomic E-state index is 0.390. The first-order valence-corrected chi connectivity index (χ1v) is 8.68. The Hall–Kier alpha value is -0.340. The van der Waals surface area contributed by atoms with Crippen molar-refractivity contribution in [3.8, 4) is 0 Å². The van der Waals surface area contributed by atoms with Gasteiger partial charge in [0.05, 0.1) is 0 Å². The van der Waals surface area contributed by atoms with Gasteiger partial charge >= 0.3 is 0 Å². The van der Waals surface area contributed by atoms with E-state index in [1.807, 2.05) is 11.3 Å². The van der Waals surface area contributed by atoms with Crippen molar-refractivity contribution in [1.82, 2.24) is 0 Å². The normalized spacial score (nSPS) is 27.9. The smallest absolute Gasteiger partial charge is 0.00541 e. The van der Waals surface area contributed by atoms with E-state index >= 15 is 0 Å². The fourth-order valence-corrected chi connectivity index (χ4v) is 4.58.